The lowest BCUT2D eigenvalue weighted by molar-refractivity contribution is 0.275. The molecule has 8 heteroatoms. The Balaban J connectivity index is 1.49. The van der Waals surface area contributed by atoms with E-state index in [4.69, 9.17) is 9.39 Å². The zero-order valence-corrected chi connectivity index (χ0v) is 14.2. The van der Waals surface area contributed by atoms with Crippen LogP contribution in [0.25, 0.3) is 16.6 Å². The fourth-order valence-corrected chi connectivity index (χ4v) is 3.37. The van der Waals surface area contributed by atoms with Crippen molar-refractivity contribution in [2.45, 2.75) is 13.2 Å². The number of rotatable bonds is 4. The van der Waals surface area contributed by atoms with Crippen LogP contribution in [0.3, 0.4) is 0 Å². The Kier molecular flexibility index (Phi) is 3.73. The molecule has 2 aromatic carbocycles. The van der Waals surface area contributed by atoms with Crippen LogP contribution in [0.2, 0.25) is 0 Å². The van der Waals surface area contributed by atoms with Crippen molar-refractivity contribution < 1.29 is 18.8 Å². The van der Waals surface area contributed by atoms with Gasteiger partial charge in [0.1, 0.15) is 24.0 Å². The topological polar surface area (TPSA) is 72.3 Å². The molecule has 1 aliphatic rings. The molecule has 0 fully saturated rings. The lowest BCUT2D eigenvalue weighted by Crippen LogP contribution is -2.28. The smallest absolute Gasteiger partial charge is 0.486 e. The van der Waals surface area contributed by atoms with Gasteiger partial charge in [0.05, 0.1) is 17.8 Å². The number of benzene rings is 2. The van der Waals surface area contributed by atoms with E-state index in [0.29, 0.717) is 29.1 Å². The Morgan fingerprint density at radius 3 is 3.07 bits per heavy atom. The van der Waals surface area contributed by atoms with E-state index < -0.39 is 7.12 Å². The fraction of sp³-hybridized carbons (Fsp3) is 0.105. The van der Waals surface area contributed by atoms with Gasteiger partial charge in [-0.2, -0.15) is 0 Å². The predicted molar refractivity (Wildman–Crippen MR) is 98.5 cm³/mol. The normalized spacial score (nSPS) is 13.3. The molecule has 5 rings (SSSR count). The zero-order valence-electron chi connectivity index (χ0n) is 14.2. The van der Waals surface area contributed by atoms with Crippen LogP contribution >= 0.6 is 0 Å². The van der Waals surface area contributed by atoms with Gasteiger partial charge in [0.2, 0.25) is 0 Å². The number of ether oxygens (including phenoxy) is 1. The summed E-state index contributed by atoms with van der Waals surface area (Å²) in [5, 5.41) is 10.8. The van der Waals surface area contributed by atoms with Gasteiger partial charge in [0, 0.05) is 24.0 Å². The summed E-state index contributed by atoms with van der Waals surface area (Å²) in [7, 11) is -1.01. The maximum atomic E-state index is 14.6. The number of nitrogens with one attached hydrogen (secondary N) is 1. The molecule has 0 aliphatic carbocycles. The minimum absolute atomic E-state index is 0.219. The molecule has 0 radical (unpaired) electrons. The summed E-state index contributed by atoms with van der Waals surface area (Å²) in [5.74, 6) is 1.09. The Bertz CT molecular complexity index is 1130. The van der Waals surface area contributed by atoms with Crippen LogP contribution < -0.4 is 10.2 Å². The number of imidazole rings is 1. The molecule has 6 nitrogen and oxygen atoms in total. The molecule has 2 aromatic heterocycles. The highest BCUT2D eigenvalue weighted by molar-refractivity contribution is 6.61. The first-order valence-corrected chi connectivity index (χ1v) is 8.53. The summed E-state index contributed by atoms with van der Waals surface area (Å²) >= 11 is 0. The van der Waals surface area contributed by atoms with Gasteiger partial charge in [0.15, 0.2) is 0 Å². The highest BCUT2D eigenvalue weighted by atomic mass is 19.1. The molecular weight excluding hydrogens is 348 g/mol. The van der Waals surface area contributed by atoms with Crippen molar-refractivity contribution in [1.82, 2.24) is 14.5 Å². The van der Waals surface area contributed by atoms with Gasteiger partial charge < -0.3 is 24.0 Å². The van der Waals surface area contributed by atoms with Crippen molar-refractivity contribution in [3.05, 3.63) is 72.2 Å². The summed E-state index contributed by atoms with van der Waals surface area (Å²) in [6, 6.07) is 10.6. The lowest BCUT2D eigenvalue weighted by Gasteiger charge is -2.10. The van der Waals surface area contributed by atoms with Crippen LogP contribution in [-0.2, 0) is 17.9 Å². The van der Waals surface area contributed by atoms with E-state index in [9.17, 15) is 9.41 Å². The van der Waals surface area contributed by atoms with Crippen LogP contribution in [0, 0.1) is 5.82 Å². The lowest BCUT2D eigenvalue weighted by atomic mass is 9.79. The number of nitrogens with zero attached hydrogens (tertiary/aromatic N) is 2. The average Bonchev–Trinajstić information content (AvgIpc) is 3.40. The number of halogens is 1. The van der Waals surface area contributed by atoms with Crippen molar-refractivity contribution in [3.63, 3.8) is 0 Å². The van der Waals surface area contributed by atoms with Gasteiger partial charge in [-0.15, -0.1) is 0 Å². The van der Waals surface area contributed by atoms with Gasteiger partial charge in [-0.1, -0.05) is 0 Å². The highest BCUT2D eigenvalue weighted by Crippen LogP contribution is 2.27. The van der Waals surface area contributed by atoms with Crippen LogP contribution in [0.15, 0.2) is 55.0 Å². The molecule has 0 unspecified atom stereocenters. The average molecular weight is 363 g/mol. The van der Waals surface area contributed by atoms with Crippen LogP contribution in [0.5, 0.6) is 5.75 Å². The van der Waals surface area contributed by atoms with Gasteiger partial charge in [-0.3, -0.25) is 0 Å². The first-order chi connectivity index (χ1) is 13.2. The Morgan fingerprint density at radius 1 is 1.30 bits per heavy atom. The second-order valence-electron chi connectivity index (χ2n) is 6.40. The molecule has 4 aromatic rings. The molecule has 2 N–H and O–H groups in total. The second-order valence-corrected chi connectivity index (χ2v) is 6.40. The summed E-state index contributed by atoms with van der Waals surface area (Å²) in [6.45, 7) is 0.563. The Hall–Kier alpha value is -3.10. The molecule has 0 bridgehead atoms. The van der Waals surface area contributed by atoms with Crippen molar-refractivity contribution in [2.24, 2.45) is 0 Å². The summed E-state index contributed by atoms with van der Waals surface area (Å²) in [4.78, 5) is 7.11. The zero-order chi connectivity index (χ0) is 18.4. The first-order valence-electron chi connectivity index (χ1n) is 8.53. The summed E-state index contributed by atoms with van der Waals surface area (Å²) in [6.07, 6.45) is 5.22. The molecule has 3 heterocycles. The molecule has 134 valence electrons. The number of hydrogen-bond acceptors (Lipinski definition) is 4. The molecular formula is C19H15BFN3O3. The number of fused-ring (bicyclic) bond motifs is 2. The van der Waals surface area contributed by atoms with E-state index in [0.717, 1.165) is 16.7 Å². The molecule has 0 atom stereocenters. The van der Waals surface area contributed by atoms with E-state index in [1.807, 2.05) is 24.3 Å². The maximum Gasteiger partial charge on any atom is 0.491 e. The van der Waals surface area contributed by atoms with Gasteiger partial charge in [-0.05, 0) is 47.4 Å². The minimum Gasteiger partial charge on any atom is -0.486 e. The van der Waals surface area contributed by atoms with Crippen LogP contribution in [0.1, 0.15) is 11.4 Å². The number of aromatic amines is 1. The van der Waals surface area contributed by atoms with E-state index >= 15 is 0 Å². The van der Waals surface area contributed by atoms with Crippen LogP contribution in [0.4, 0.5) is 4.39 Å². The standard InChI is InChI=1S/C19H15BFN3O3/c21-16-8-13-10-27-20(25)15(13)9-18(16)24-6-3-12-7-14(1-2-17(12)24)26-11-19-22-4-5-23-19/h1-9,25H,10-11H2,(H,22,23). The number of hydrogen-bond donors (Lipinski definition) is 2. The highest BCUT2D eigenvalue weighted by Gasteiger charge is 2.29. The van der Waals surface area contributed by atoms with Gasteiger partial charge in [-0.25, -0.2) is 9.37 Å². The number of H-pyrrole nitrogens is 1. The monoisotopic (exact) mass is 363 g/mol. The van der Waals surface area contributed by atoms with E-state index in [2.05, 4.69) is 9.97 Å². The largest absolute Gasteiger partial charge is 0.491 e. The maximum absolute atomic E-state index is 14.6. The molecule has 0 saturated carbocycles. The SMILES string of the molecule is OB1OCc2cc(F)c(-n3ccc4cc(OCc5ncc[nH]5)ccc43)cc21. The second kappa shape index (κ2) is 6.26. The van der Waals surface area contributed by atoms with Crippen molar-refractivity contribution in [1.29, 1.82) is 0 Å². The van der Waals surface area contributed by atoms with Gasteiger partial charge in [0.25, 0.3) is 0 Å². The van der Waals surface area contributed by atoms with E-state index in [1.54, 1.807) is 29.2 Å². The third kappa shape index (κ3) is 2.79. The Labute approximate surface area is 154 Å². The summed E-state index contributed by atoms with van der Waals surface area (Å²) in [5.41, 5.74) is 2.49. The predicted octanol–water partition coefficient (Wildman–Crippen LogP) is 2.29. The fourth-order valence-electron chi connectivity index (χ4n) is 3.37. The Morgan fingerprint density at radius 2 is 2.22 bits per heavy atom. The van der Waals surface area contributed by atoms with Crippen molar-refractivity contribution in [3.8, 4) is 11.4 Å². The molecule has 0 saturated heterocycles. The van der Waals surface area contributed by atoms with Gasteiger partial charge >= 0.3 is 7.12 Å². The van der Waals surface area contributed by atoms with E-state index in [-0.39, 0.29) is 12.4 Å². The quantitative estimate of drug-likeness (QED) is 0.546. The third-order valence-corrected chi connectivity index (χ3v) is 4.72. The molecule has 27 heavy (non-hydrogen) atoms. The van der Waals surface area contributed by atoms with Crippen molar-refractivity contribution >= 4 is 23.5 Å². The summed E-state index contributed by atoms with van der Waals surface area (Å²) < 4.78 is 27.3. The number of aromatic nitrogens is 3. The minimum atomic E-state index is -1.01. The molecule has 0 amide bonds. The van der Waals surface area contributed by atoms with E-state index in [1.165, 1.54) is 6.07 Å². The van der Waals surface area contributed by atoms with Crippen molar-refractivity contribution in [2.75, 3.05) is 0 Å². The molecule has 0 spiro atoms. The van der Waals surface area contributed by atoms with Crippen LogP contribution in [-0.4, -0.2) is 26.7 Å². The third-order valence-electron chi connectivity index (χ3n) is 4.72. The first kappa shape index (κ1) is 16.1. The molecule has 1 aliphatic heterocycles.